The molecule has 2 fully saturated rings. The van der Waals surface area contributed by atoms with Crippen LogP contribution in [-0.4, -0.2) is 74.5 Å². The number of aliphatic hydroxyl groups is 1. The summed E-state index contributed by atoms with van der Waals surface area (Å²) in [6.45, 7) is 5.48. The molecule has 0 amide bonds. The Labute approximate surface area is 124 Å². The number of rotatable bonds is 7. The van der Waals surface area contributed by atoms with Gasteiger partial charge >= 0.3 is 5.97 Å². The molecule has 2 saturated heterocycles. The summed E-state index contributed by atoms with van der Waals surface area (Å²) in [5, 5.41) is 12.2. The van der Waals surface area contributed by atoms with E-state index >= 15 is 0 Å². The molecule has 2 rings (SSSR count). The third-order valence-corrected chi connectivity index (χ3v) is 3.49. The van der Waals surface area contributed by atoms with Crippen molar-refractivity contribution in [1.82, 2.24) is 10.2 Å². The van der Waals surface area contributed by atoms with Crippen molar-refractivity contribution >= 4 is 5.97 Å². The fraction of sp³-hybridized carbons (Fsp3) is 0.786. The van der Waals surface area contributed by atoms with E-state index in [1.165, 1.54) is 0 Å². The summed E-state index contributed by atoms with van der Waals surface area (Å²) in [6.07, 6.45) is 1.78. The summed E-state index contributed by atoms with van der Waals surface area (Å²) < 4.78 is 16.2. The van der Waals surface area contributed by atoms with Crippen LogP contribution in [0.2, 0.25) is 0 Å². The Bertz CT molecular complexity index is 368. The van der Waals surface area contributed by atoms with Crippen molar-refractivity contribution in [3.05, 3.63) is 11.6 Å². The normalized spacial score (nSPS) is 27.2. The minimum Gasteiger partial charge on any atom is -0.463 e. The molecule has 2 aliphatic rings. The highest BCUT2D eigenvalue weighted by atomic mass is 16.5. The molecule has 0 bridgehead atoms. The van der Waals surface area contributed by atoms with Gasteiger partial charge in [-0.1, -0.05) is 0 Å². The molecule has 2 atom stereocenters. The van der Waals surface area contributed by atoms with Gasteiger partial charge in [-0.05, 0) is 13.0 Å². The molecule has 0 aromatic rings. The number of hydrogen-bond donors (Lipinski definition) is 2. The van der Waals surface area contributed by atoms with Crippen LogP contribution < -0.4 is 5.32 Å². The average Bonchev–Trinajstić information content (AvgIpc) is 3.11. The van der Waals surface area contributed by atoms with E-state index < -0.39 is 0 Å². The number of hydrogen-bond acceptors (Lipinski definition) is 7. The van der Waals surface area contributed by atoms with Crippen molar-refractivity contribution < 1.29 is 24.1 Å². The van der Waals surface area contributed by atoms with Crippen molar-refractivity contribution in [3.8, 4) is 0 Å². The third kappa shape index (κ3) is 4.76. The lowest BCUT2D eigenvalue weighted by Crippen LogP contribution is -2.33. The summed E-state index contributed by atoms with van der Waals surface area (Å²) in [5.74, 6) is -0.339. The third-order valence-electron chi connectivity index (χ3n) is 3.49. The van der Waals surface area contributed by atoms with Crippen molar-refractivity contribution in [1.29, 1.82) is 0 Å². The number of carbonyl (C=O) groups excluding carboxylic acids is 1. The van der Waals surface area contributed by atoms with Crippen LogP contribution >= 0.6 is 0 Å². The first-order valence-electron chi connectivity index (χ1n) is 7.44. The summed E-state index contributed by atoms with van der Waals surface area (Å²) in [5.41, 5.74) is 0.547. The standard InChI is InChI=1S/C14H24N2O5/c1-2-19-14(18)11(9-12-15-3-7-20-12)10-13-16(4-6-17)5-8-21-13/h10,12-13,15,17H,2-9H2,1H3. The van der Waals surface area contributed by atoms with Crippen LogP contribution in [0, 0.1) is 0 Å². The van der Waals surface area contributed by atoms with Gasteiger partial charge in [0.05, 0.1) is 26.4 Å². The molecule has 2 aliphatic heterocycles. The number of ether oxygens (including phenoxy) is 3. The van der Waals surface area contributed by atoms with E-state index in [0.29, 0.717) is 38.4 Å². The number of esters is 1. The molecule has 2 unspecified atom stereocenters. The van der Waals surface area contributed by atoms with Crippen LogP contribution in [-0.2, 0) is 19.0 Å². The molecular formula is C14H24N2O5. The lowest BCUT2D eigenvalue weighted by atomic mass is 10.1. The molecule has 0 spiro atoms. The van der Waals surface area contributed by atoms with Crippen molar-refractivity contribution in [2.45, 2.75) is 25.8 Å². The molecule has 7 heteroatoms. The van der Waals surface area contributed by atoms with Gasteiger partial charge in [0.2, 0.25) is 0 Å². The van der Waals surface area contributed by atoms with E-state index in [-0.39, 0.29) is 25.0 Å². The van der Waals surface area contributed by atoms with Gasteiger partial charge in [-0.2, -0.15) is 0 Å². The fourth-order valence-corrected chi connectivity index (χ4v) is 2.47. The highest BCUT2D eigenvalue weighted by molar-refractivity contribution is 5.88. The first-order valence-corrected chi connectivity index (χ1v) is 7.44. The zero-order valence-electron chi connectivity index (χ0n) is 12.4. The summed E-state index contributed by atoms with van der Waals surface area (Å²) >= 11 is 0. The summed E-state index contributed by atoms with van der Waals surface area (Å²) in [6, 6.07) is 0. The number of β-amino-alcohol motifs (C(OH)–C–C–N with tert-alkyl or cyclic N) is 1. The minimum atomic E-state index is -0.339. The number of carbonyl (C=O) groups is 1. The Morgan fingerprint density at radius 3 is 3.00 bits per heavy atom. The van der Waals surface area contributed by atoms with E-state index in [9.17, 15) is 4.79 Å². The molecule has 0 aliphatic carbocycles. The summed E-state index contributed by atoms with van der Waals surface area (Å²) in [7, 11) is 0. The molecule has 2 heterocycles. The Kier molecular flexibility index (Phi) is 6.59. The Balaban J connectivity index is 2.04. The highest BCUT2D eigenvalue weighted by Crippen LogP contribution is 2.18. The second kappa shape index (κ2) is 8.45. The Hall–Kier alpha value is -0.990. The molecular weight excluding hydrogens is 276 g/mol. The topological polar surface area (TPSA) is 80.3 Å². The summed E-state index contributed by atoms with van der Waals surface area (Å²) in [4.78, 5) is 14.1. The van der Waals surface area contributed by atoms with Crippen LogP contribution in [0.1, 0.15) is 13.3 Å². The fourth-order valence-electron chi connectivity index (χ4n) is 2.47. The lowest BCUT2D eigenvalue weighted by Gasteiger charge is -2.20. The Morgan fingerprint density at radius 1 is 1.48 bits per heavy atom. The van der Waals surface area contributed by atoms with E-state index in [1.807, 2.05) is 4.90 Å². The molecule has 0 saturated carbocycles. The molecule has 21 heavy (non-hydrogen) atoms. The largest absolute Gasteiger partial charge is 0.463 e. The predicted molar refractivity (Wildman–Crippen MR) is 75.5 cm³/mol. The predicted octanol–water partition coefficient (Wildman–Crippen LogP) is -0.537. The van der Waals surface area contributed by atoms with Crippen LogP contribution in [0.25, 0.3) is 0 Å². The van der Waals surface area contributed by atoms with E-state index in [2.05, 4.69) is 5.32 Å². The lowest BCUT2D eigenvalue weighted by molar-refractivity contribution is -0.139. The molecule has 2 N–H and O–H groups in total. The molecule has 7 nitrogen and oxygen atoms in total. The number of aliphatic hydroxyl groups excluding tert-OH is 1. The van der Waals surface area contributed by atoms with Crippen LogP contribution in [0.5, 0.6) is 0 Å². The minimum absolute atomic E-state index is 0.0652. The van der Waals surface area contributed by atoms with Crippen LogP contribution in [0.4, 0.5) is 0 Å². The van der Waals surface area contributed by atoms with Gasteiger partial charge in [-0.25, -0.2) is 4.79 Å². The number of nitrogens with zero attached hydrogens (tertiary/aromatic N) is 1. The number of nitrogens with one attached hydrogen (secondary N) is 1. The van der Waals surface area contributed by atoms with Gasteiger partial charge in [0.25, 0.3) is 0 Å². The first kappa shape index (κ1) is 16.4. The van der Waals surface area contributed by atoms with E-state index in [0.717, 1.165) is 13.1 Å². The van der Waals surface area contributed by atoms with Crippen LogP contribution in [0.15, 0.2) is 11.6 Å². The Morgan fingerprint density at radius 2 is 2.33 bits per heavy atom. The van der Waals surface area contributed by atoms with Gasteiger partial charge in [0.1, 0.15) is 12.5 Å². The average molecular weight is 300 g/mol. The zero-order valence-corrected chi connectivity index (χ0v) is 12.4. The first-order chi connectivity index (χ1) is 10.2. The van der Waals surface area contributed by atoms with E-state index in [1.54, 1.807) is 13.0 Å². The van der Waals surface area contributed by atoms with Gasteiger partial charge in [-0.15, -0.1) is 0 Å². The molecule has 0 aromatic heterocycles. The van der Waals surface area contributed by atoms with Gasteiger partial charge < -0.3 is 19.3 Å². The SMILES string of the molecule is CCOC(=O)C(=CC1OCCN1CCO)CC1NCCO1. The maximum absolute atomic E-state index is 12.1. The van der Waals surface area contributed by atoms with Gasteiger partial charge in [0, 0.05) is 31.6 Å². The van der Waals surface area contributed by atoms with Gasteiger partial charge in [0.15, 0.2) is 0 Å². The monoisotopic (exact) mass is 300 g/mol. The zero-order chi connectivity index (χ0) is 15.1. The van der Waals surface area contributed by atoms with E-state index in [4.69, 9.17) is 19.3 Å². The molecule has 0 radical (unpaired) electrons. The maximum Gasteiger partial charge on any atom is 0.333 e. The second-order valence-corrected chi connectivity index (χ2v) is 4.95. The van der Waals surface area contributed by atoms with Crippen molar-refractivity contribution in [2.24, 2.45) is 0 Å². The maximum atomic E-state index is 12.1. The second-order valence-electron chi connectivity index (χ2n) is 4.95. The van der Waals surface area contributed by atoms with Gasteiger partial charge in [-0.3, -0.25) is 10.2 Å². The molecule has 120 valence electrons. The quantitative estimate of drug-likeness (QED) is 0.483. The van der Waals surface area contributed by atoms with Crippen molar-refractivity contribution in [3.63, 3.8) is 0 Å². The van der Waals surface area contributed by atoms with Crippen molar-refractivity contribution in [2.75, 3.05) is 46.1 Å². The molecule has 0 aromatic carbocycles. The smallest absolute Gasteiger partial charge is 0.333 e. The highest BCUT2D eigenvalue weighted by Gasteiger charge is 2.27. The van der Waals surface area contributed by atoms with Crippen LogP contribution in [0.3, 0.4) is 0 Å².